The zero-order valence-electron chi connectivity index (χ0n) is 18.5. The second-order valence-electron chi connectivity index (χ2n) is 7.46. The Bertz CT molecular complexity index is 1170. The van der Waals surface area contributed by atoms with Crippen molar-refractivity contribution in [2.45, 2.75) is 26.0 Å². The number of rotatable bonds is 6. The van der Waals surface area contributed by atoms with E-state index in [4.69, 9.17) is 14.6 Å². The summed E-state index contributed by atoms with van der Waals surface area (Å²) in [5.74, 6) is 2.51. The number of carbonyl (C=O) groups is 1. The summed E-state index contributed by atoms with van der Waals surface area (Å²) in [5.41, 5.74) is 4.37. The number of ether oxygens (including phenoxy) is 2. The van der Waals surface area contributed by atoms with Crippen molar-refractivity contribution >= 4 is 23.5 Å². The second-order valence-corrected chi connectivity index (χ2v) is 8.55. The molecule has 4 rings (SSSR count). The predicted molar refractivity (Wildman–Crippen MR) is 125 cm³/mol. The Balaban J connectivity index is 1.83. The molecular formula is C23H25N5O3S. The van der Waals surface area contributed by atoms with Gasteiger partial charge in [0.05, 0.1) is 23.8 Å². The number of carbonyl (C=O) groups excluding carboxylic acids is 1. The van der Waals surface area contributed by atoms with Crippen molar-refractivity contribution < 1.29 is 14.3 Å². The Hall–Kier alpha value is -3.33. The van der Waals surface area contributed by atoms with Gasteiger partial charge in [0.2, 0.25) is 5.91 Å². The molecule has 1 N–H and O–H groups in total. The van der Waals surface area contributed by atoms with Gasteiger partial charge in [-0.1, -0.05) is 18.7 Å². The monoisotopic (exact) mass is 451 g/mol. The molecule has 0 aliphatic carbocycles. The lowest BCUT2D eigenvalue weighted by molar-refractivity contribution is -0.113. The van der Waals surface area contributed by atoms with E-state index in [1.807, 2.05) is 45.0 Å². The van der Waals surface area contributed by atoms with E-state index in [1.165, 1.54) is 0 Å². The van der Waals surface area contributed by atoms with E-state index < -0.39 is 0 Å². The third kappa shape index (κ3) is 4.20. The average Bonchev–Trinajstić information content (AvgIpc) is 2.96. The first-order valence-corrected chi connectivity index (χ1v) is 11.2. The number of hydrogen-bond donors (Lipinski definition) is 1. The van der Waals surface area contributed by atoms with Gasteiger partial charge in [-0.25, -0.2) is 9.97 Å². The fourth-order valence-corrected chi connectivity index (χ4v) is 4.89. The Morgan fingerprint density at radius 2 is 1.97 bits per heavy atom. The third-order valence-electron chi connectivity index (χ3n) is 5.01. The predicted octanol–water partition coefficient (Wildman–Crippen LogP) is 3.94. The molecule has 1 aliphatic rings. The number of aryl methyl sites for hydroxylation is 3. The van der Waals surface area contributed by atoms with E-state index >= 15 is 0 Å². The topological polar surface area (TPSA) is 91.2 Å². The molecule has 1 amide bonds. The summed E-state index contributed by atoms with van der Waals surface area (Å²) in [5, 5.41) is 7.57. The summed E-state index contributed by atoms with van der Waals surface area (Å²) < 4.78 is 12.9. The van der Waals surface area contributed by atoms with Crippen molar-refractivity contribution in [3.63, 3.8) is 0 Å². The molecule has 0 bridgehead atoms. The minimum absolute atomic E-state index is 0.0952. The van der Waals surface area contributed by atoms with Crippen molar-refractivity contribution in [3.05, 3.63) is 65.1 Å². The molecule has 0 saturated heterocycles. The van der Waals surface area contributed by atoms with Crippen LogP contribution in [0.4, 0.5) is 5.82 Å². The fourth-order valence-electron chi connectivity index (χ4n) is 3.71. The van der Waals surface area contributed by atoms with Crippen LogP contribution in [0.25, 0.3) is 5.95 Å². The lowest BCUT2D eigenvalue weighted by Crippen LogP contribution is -2.17. The fraction of sp³-hybridized carbons (Fsp3) is 0.304. The summed E-state index contributed by atoms with van der Waals surface area (Å²) in [6.07, 6.45) is 1.69. The third-order valence-corrected chi connectivity index (χ3v) is 6.28. The molecule has 0 fully saturated rings. The number of thioether (sulfide) groups is 1. The molecule has 166 valence electrons. The van der Waals surface area contributed by atoms with Crippen molar-refractivity contribution in [3.8, 4) is 17.4 Å². The van der Waals surface area contributed by atoms with E-state index in [9.17, 15) is 4.79 Å². The van der Waals surface area contributed by atoms with Gasteiger partial charge in [-0.05, 0) is 44.5 Å². The standard InChI is InChI=1S/C23H25N5O3S/c1-6-9-31-17-8-7-16(11-18(17)30-5)21-20-15(4)27-28(22(20)26-19(29)12-32-21)23-24-13(2)10-14(3)25-23/h6-8,10-11,21H,1,9,12H2,2-5H3,(H,26,29)/t21-/m1/s1. The van der Waals surface area contributed by atoms with Gasteiger partial charge in [0.25, 0.3) is 5.95 Å². The SMILES string of the molecule is C=CCOc1ccc([C@H]2SCC(=O)Nc3c2c(C)nn3-c2nc(C)cc(C)n2)cc1OC. The Labute approximate surface area is 191 Å². The van der Waals surface area contributed by atoms with Crippen LogP contribution < -0.4 is 14.8 Å². The van der Waals surface area contributed by atoms with Crippen LogP contribution in [-0.2, 0) is 4.79 Å². The molecule has 1 aromatic carbocycles. The lowest BCUT2D eigenvalue weighted by atomic mass is 10.0. The summed E-state index contributed by atoms with van der Waals surface area (Å²) >= 11 is 1.54. The summed E-state index contributed by atoms with van der Waals surface area (Å²) in [6.45, 7) is 9.82. The van der Waals surface area contributed by atoms with Crippen LogP contribution in [-0.4, -0.2) is 45.1 Å². The number of aromatic nitrogens is 4. The molecule has 0 spiro atoms. The van der Waals surface area contributed by atoms with E-state index in [1.54, 1.807) is 29.6 Å². The quantitative estimate of drug-likeness (QED) is 0.568. The highest BCUT2D eigenvalue weighted by Crippen LogP contribution is 2.45. The lowest BCUT2D eigenvalue weighted by Gasteiger charge is -2.18. The van der Waals surface area contributed by atoms with Gasteiger partial charge in [0.15, 0.2) is 11.5 Å². The van der Waals surface area contributed by atoms with Crippen LogP contribution in [0, 0.1) is 20.8 Å². The Morgan fingerprint density at radius 3 is 2.66 bits per heavy atom. The maximum atomic E-state index is 12.6. The zero-order valence-corrected chi connectivity index (χ0v) is 19.3. The summed E-state index contributed by atoms with van der Waals surface area (Å²) in [7, 11) is 1.61. The minimum Gasteiger partial charge on any atom is -0.493 e. The maximum absolute atomic E-state index is 12.6. The van der Waals surface area contributed by atoms with Crippen molar-refractivity contribution in [2.75, 3.05) is 24.8 Å². The number of amides is 1. The molecule has 0 radical (unpaired) electrons. The van der Waals surface area contributed by atoms with Crippen molar-refractivity contribution in [1.82, 2.24) is 19.7 Å². The first kappa shape index (κ1) is 21.9. The summed E-state index contributed by atoms with van der Waals surface area (Å²) in [6, 6.07) is 7.71. The van der Waals surface area contributed by atoms with Crippen LogP contribution in [0.15, 0.2) is 36.9 Å². The van der Waals surface area contributed by atoms with E-state index in [0.717, 1.165) is 28.2 Å². The molecule has 0 saturated carbocycles. The largest absolute Gasteiger partial charge is 0.493 e. The maximum Gasteiger partial charge on any atom is 0.252 e. The second kappa shape index (κ2) is 9.04. The molecule has 0 unspecified atom stereocenters. The Morgan fingerprint density at radius 1 is 1.22 bits per heavy atom. The van der Waals surface area contributed by atoms with E-state index in [-0.39, 0.29) is 11.2 Å². The smallest absolute Gasteiger partial charge is 0.252 e. The molecule has 1 atom stereocenters. The minimum atomic E-state index is -0.133. The summed E-state index contributed by atoms with van der Waals surface area (Å²) in [4.78, 5) is 21.6. The molecule has 9 heteroatoms. The van der Waals surface area contributed by atoms with Crippen molar-refractivity contribution in [2.24, 2.45) is 0 Å². The van der Waals surface area contributed by atoms with E-state index in [2.05, 4.69) is 21.9 Å². The van der Waals surface area contributed by atoms with Crippen LogP contribution in [0.2, 0.25) is 0 Å². The zero-order chi connectivity index (χ0) is 22.8. The highest BCUT2D eigenvalue weighted by molar-refractivity contribution is 8.00. The number of methoxy groups -OCH3 is 1. The highest BCUT2D eigenvalue weighted by atomic mass is 32.2. The Kier molecular flexibility index (Phi) is 6.18. The first-order chi connectivity index (χ1) is 15.4. The van der Waals surface area contributed by atoms with Gasteiger partial charge < -0.3 is 14.8 Å². The highest BCUT2D eigenvalue weighted by Gasteiger charge is 2.31. The number of hydrogen-bond acceptors (Lipinski definition) is 7. The number of nitrogens with zero attached hydrogens (tertiary/aromatic N) is 4. The first-order valence-electron chi connectivity index (χ1n) is 10.2. The molecule has 1 aliphatic heterocycles. The molecule has 3 aromatic rings. The molecular weight excluding hydrogens is 426 g/mol. The number of anilines is 1. The van der Waals surface area contributed by atoms with Gasteiger partial charge in [-0.2, -0.15) is 9.78 Å². The molecule has 3 heterocycles. The van der Waals surface area contributed by atoms with Gasteiger partial charge in [-0.3, -0.25) is 4.79 Å². The molecule has 8 nitrogen and oxygen atoms in total. The van der Waals surface area contributed by atoms with Crippen LogP contribution >= 0.6 is 11.8 Å². The van der Waals surface area contributed by atoms with Gasteiger partial charge in [0.1, 0.15) is 12.4 Å². The van der Waals surface area contributed by atoms with Crippen molar-refractivity contribution in [1.29, 1.82) is 0 Å². The van der Waals surface area contributed by atoms with Crippen LogP contribution in [0.1, 0.15) is 33.5 Å². The number of benzene rings is 1. The van der Waals surface area contributed by atoms with E-state index in [0.29, 0.717) is 35.6 Å². The van der Waals surface area contributed by atoms with Gasteiger partial charge in [0, 0.05) is 17.0 Å². The van der Waals surface area contributed by atoms with Gasteiger partial charge >= 0.3 is 0 Å². The van der Waals surface area contributed by atoms with Gasteiger partial charge in [-0.15, -0.1) is 11.8 Å². The normalized spacial score (nSPS) is 15.5. The average molecular weight is 452 g/mol. The molecule has 2 aromatic heterocycles. The molecule has 32 heavy (non-hydrogen) atoms. The van der Waals surface area contributed by atoms with Crippen LogP contribution in [0.3, 0.4) is 0 Å². The number of nitrogens with one attached hydrogen (secondary N) is 1. The number of fused-ring (bicyclic) bond motifs is 1. The van der Waals surface area contributed by atoms with Crippen LogP contribution in [0.5, 0.6) is 11.5 Å².